The Kier molecular flexibility index (Phi) is 7.03. The first kappa shape index (κ1) is 24.0. The van der Waals surface area contributed by atoms with Gasteiger partial charge in [0.2, 0.25) is 15.9 Å². The highest BCUT2D eigenvalue weighted by Gasteiger charge is 2.36. The number of anilines is 1. The van der Waals surface area contributed by atoms with E-state index in [-0.39, 0.29) is 23.0 Å². The lowest BCUT2D eigenvalue weighted by Gasteiger charge is -2.39. The van der Waals surface area contributed by atoms with Crippen molar-refractivity contribution in [2.75, 3.05) is 51.3 Å². The predicted molar refractivity (Wildman–Crippen MR) is 126 cm³/mol. The molecule has 2 aromatic rings. The van der Waals surface area contributed by atoms with Crippen LogP contribution in [0.3, 0.4) is 0 Å². The molecular formula is C23H28N4O6S. The van der Waals surface area contributed by atoms with Crippen molar-refractivity contribution < 1.29 is 22.9 Å². The van der Waals surface area contributed by atoms with Crippen LogP contribution in [0.5, 0.6) is 5.75 Å². The smallest absolute Gasteiger partial charge is 0.270 e. The van der Waals surface area contributed by atoms with E-state index in [1.54, 1.807) is 7.11 Å². The Bertz CT molecular complexity index is 1160. The highest BCUT2D eigenvalue weighted by atomic mass is 32.2. The molecule has 2 aliphatic rings. The van der Waals surface area contributed by atoms with Crippen molar-refractivity contribution >= 4 is 27.3 Å². The van der Waals surface area contributed by atoms with Gasteiger partial charge in [0, 0.05) is 63.2 Å². The number of amides is 1. The third-order valence-electron chi connectivity index (χ3n) is 6.41. The molecule has 34 heavy (non-hydrogen) atoms. The van der Waals surface area contributed by atoms with E-state index in [0.717, 1.165) is 17.5 Å². The molecule has 11 heteroatoms. The molecule has 2 aromatic carbocycles. The molecule has 2 heterocycles. The van der Waals surface area contributed by atoms with E-state index in [1.165, 1.54) is 22.5 Å². The summed E-state index contributed by atoms with van der Waals surface area (Å²) in [4.78, 5) is 27.6. The fraction of sp³-hybridized carbons (Fsp3) is 0.435. The van der Waals surface area contributed by atoms with Gasteiger partial charge in [0.05, 0.1) is 22.8 Å². The summed E-state index contributed by atoms with van der Waals surface area (Å²) in [5.41, 5.74) is 0.762. The van der Waals surface area contributed by atoms with Gasteiger partial charge in [-0.2, -0.15) is 4.31 Å². The van der Waals surface area contributed by atoms with Gasteiger partial charge in [-0.15, -0.1) is 0 Å². The summed E-state index contributed by atoms with van der Waals surface area (Å²) in [5.74, 6) is 0.318. The number of carbonyl (C=O) groups is 1. The summed E-state index contributed by atoms with van der Waals surface area (Å²) in [5, 5.41) is 11.1. The second kappa shape index (κ2) is 9.98. The fourth-order valence-electron chi connectivity index (χ4n) is 4.52. The number of piperazine rings is 1. The molecule has 10 nitrogen and oxygen atoms in total. The van der Waals surface area contributed by atoms with Crippen molar-refractivity contribution in [1.82, 2.24) is 9.21 Å². The first-order valence-corrected chi connectivity index (χ1v) is 12.7. The van der Waals surface area contributed by atoms with Crippen molar-refractivity contribution in [3.8, 4) is 5.75 Å². The molecule has 2 aliphatic heterocycles. The third kappa shape index (κ3) is 5.00. The van der Waals surface area contributed by atoms with Crippen molar-refractivity contribution in [2.45, 2.75) is 17.7 Å². The van der Waals surface area contributed by atoms with Crippen LogP contribution in [0.15, 0.2) is 53.4 Å². The van der Waals surface area contributed by atoms with E-state index in [4.69, 9.17) is 4.74 Å². The highest BCUT2D eigenvalue weighted by Crippen LogP contribution is 2.28. The number of nitro groups is 1. The highest BCUT2D eigenvalue weighted by molar-refractivity contribution is 7.89. The van der Waals surface area contributed by atoms with Gasteiger partial charge in [-0.25, -0.2) is 8.42 Å². The van der Waals surface area contributed by atoms with Crippen LogP contribution in [0.25, 0.3) is 0 Å². The molecule has 1 amide bonds. The topological polar surface area (TPSA) is 113 Å². The van der Waals surface area contributed by atoms with Crippen LogP contribution in [0.4, 0.5) is 11.4 Å². The molecule has 0 spiro atoms. The zero-order valence-corrected chi connectivity index (χ0v) is 19.8. The zero-order chi connectivity index (χ0) is 24.3. The Morgan fingerprint density at radius 1 is 1.06 bits per heavy atom. The van der Waals surface area contributed by atoms with Crippen molar-refractivity contribution in [3.63, 3.8) is 0 Å². The molecule has 0 bridgehead atoms. The van der Waals surface area contributed by atoms with Gasteiger partial charge in [-0.1, -0.05) is 12.1 Å². The lowest BCUT2D eigenvalue weighted by Crippen LogP contribution is -2.53. The number of benzene rings is 2. The number of sulfonamides is 1. The van der Waals surface area contributed by atoms with Crippen molar-refractivity contribution in [1.29, 1.82) is 0 Å². The molecule has 0 N–H and O–H groups in total. The van der Waals surface area contributed by atoms with Crippen LogP contribution < -0.4 is 9.64 Å². The van der Waals surface area contributed by atoms with Gasteiger partial charge >= 0.3 is 0 Å². The van der Waals surface area contributed by atoms with Crippen LogP contribution in [-0.2, 0) is 14.8 Å². The van der Waals surface area contributed by atoms with E-state index >= 15 is 0 Å². The minimum atomic E-state index is -3.93. The number of non-ortho nitro benzene ring substituents is 1. The number of piperidine rings is 1. The summed E-state index contributed by atoms with van der Waals surface area (Å²) < 4.78 is 32.8. The lowest BCUT2D eigenvalue weighted by molar-refractivity contribution is -0.385. The quantitative estimate of drug-likeness (QED) is 0.453. The maximum Gasteiger partial charge on any atom is 0.270 e. The zero-order valence-electron chi connectivity index (χ0n) is 19.0. The number of rotatable bonds is 6. The second-order valence-corrected chi connectivity index (χ2v) is 10.4. The van der Waals surface area contributed by atoms with Crippen LogP contribution >= 0.6 is 0 Å². The van der Waals surface area contributed by atoms with Gasteiger partial charge in [-0.3, -0.25) is 14.9 Å². The van der Waals surface area contributed by atoms with E-state index in [2.05, 4.69) is 4.90 Å². The number of ether oxygens (including phenoxy) is 1. The average Bonchev–Trinajstić information content (AvgIpc) is 2.88. The Labute approximate surface area is 198 Å². The molecule has 0 unspecified atom stereocenters. The number of nitro benzene ring substituents is 1. The Balaban J connectivity index is 1.40. The number of hydrogen-bond donors (Lipinski definition) is 0. The first-order valence-electron chi connectivity index (χ1n) is 11.2. The maximum atomic E-state index is 13.2. The summed E-state index contributed by atoms with van der Waals surface area (Å²) in [6.45, 7) is 2.86. The molecule has 1 atom stereocenters. The number of nitrogens with zero attached hydrogens (tertiary/aromatic N) is 4. The average molecular weight is 489 g/mol. The monoisotopic (exact) mass is 488 g/mol. The van der Waals surface area contributed by atoms with E-state index in [0.29, 0.717) is 45.6 Å². The largest absolute Gasteiger partial charge is 0.497 e. The SMILES string of the molecule is COc1cccc(N2CCN(C(=O)[C@@H]3CCCN(S(=O)(=O)c4cccc([N+](=O)[O-])c4)C3)CC2)c1. The van der Waals surface area contributed by atoms with Gasteiger partial charge in [-0.05, 0) is 31.0 Å². The summed E-state index contributed by atoms with van der Waals surface area (Å²) in [7, 11) is -2.30. The van der Waals surface area contributed by atoms with Crippen LogP contribution in [0.2, 0.25) is 0 Å². The van der Waals surface area contributed by atoms with Gasteiger partial charge in [0.25, 0.3) is 5.69 Å². The molecular weight excluding hydrogens is 460 g/mol. The molecule has 182 valence electrons. The molecule has 0 aliphatic carbocycles. The number of methoxy groups -OCH3 is 1. The minimum absolute atomic E-state index is 0.0377. The normalized spacial score (nSPS) is 19.6. The number of hydrogen-bond acceptors (Lipinski definition) is 7. The fourth-order valence-corrected chi connectivity index (χ4v) is 6.08. The molecule has 0 saturated carbocycles. The number of carbonyl (C=O) groups excluding carboxylic acids is 1. The van der Waals surface area contributed by atoms with E-state index in [1.807, 2.05) is 29.2 Å². The Morgan fingerprint density at radius 2 is 1.79 bits per heavy atom. The molecule has 0 radical (unpaired) electrons. The maximum absolute atomic E-state index is 13.2. The van der Waals surface area contributed by atoms with Crippen molar-refractivity contribution in [2.24, 2.45) is 5.92 Å². The van der Waals surface area contributed by atoms with Gasteiger partial charge < -0.3 is 14.5 Å². The third-order valence-corrected chi connectivity index (χ3v) is 8.27. The van der Waals surface area contributed by atoms with E-state index < -0.39 is 20.9 Å². The summed E-state index contributed by atoms with van der Waals surface area (Å²) >= 11 is 0. The van der Waals surface area contributed by atoms with Crippen LogP contribution in [0.1, 0.15) is 12.8 Å². The molecule has 2 fully saturated rings. The molecule has 4 rings (SSSR count). The molecule has 2 saturated heterocycles. The van der Waals surface area contributed by atoms with Crippen LogP contribution in [0, 0.1) is 16.0 Å². The predicted octanol–water partition coefficient (Wildman–Crippen LogP) is 2.35. The van der Waals surface area contributed by atoms with Gasteiger partial charge in [0.15, 0.2) is 0 Å². The van der Waals surface area contributed by atoms with E-state index in [9.17, 15) is 23.3 Å². The Morgan fingerprint density at radius 3 is 2.50 bits per heavy atom. The standard InChI is InChI=1S/C23H28N4O6S/c1-33-21-8-2-6-19(15-21)24-11-13-25(14-12-24)23(28)18-5-4-10-26(17-18)34(31,32)22-9-3-7-20(16-22)27(29)30/h2-3,6-9,15-16,18H,4-5,10-14,17H2,1H3/t18-/m1/s1. The molecule has 0 aromatic heterocycles. The summed E-state index contributed by atoms with van der Waals surface area (Å²) in [6.07, 6.45) is 1.18. The summed E-state index contributed by atoms with van der Waals surface area (Å²) in [6, 6.07) is 12.8. The first-order chi connectivity index (χ1) is 16.3. The van der Waals surface area contributed by atoms with Gasteiger partial charge in [0.1, 0.15) is 5.75 Å². The van der Waals surface area contributed by atoms with Crippen molar-refractivity contribution in [3.05, 3.63) is 58.6 Å². The Hall–Kier alpha value is -3.18. The lowest BCUT2D eigenvalue weighted by atomic mass is 9.97. The minimum Gasteiger partial charge on any atom is -0.497 e. The van der Waals surface area contributed by atoms with Crippen LogP contribution in [-0.4, -0.2) is 74.8 Å². The second-order valence-electron chi connectivity index (χ2n) is 8.47.